The number of hydrogen-bond acceptors (Lipinski definition) is 3. The molecule has 0 aliphatic carbocycles. The van der Waals surface area contributed by atoms with Crippen molar-refractivity contribution >= 4 is 11.6 Å². The lowest BCUT2D eigenvalue weighted by Gasteiger charge is -2.12. The Morgan fingerprint density at radius 3 is 2.81 bits per heavy atom. The van der Waals surface area contributed by atoms with Crippen LogP contribution in [-0.4, -0.2) is 19.9 Å². The van der Waals surface area contributed by atoms with Crippen LogP contribution in [0.25, 0.3) is 0 Å². The summed E-state index contributed by atoms with van der Waals surface area (Å²) < 4.78 is 14.8. The Balaban J connectivity index is 2.47. The van der Waals surface area contributed by atoms with Crippen LogP contribution in [0.4, 0.5) is 4.39 Å². The van der Waals surface area contributed by atoms with Gasteiger partial charge in [0.05, 0.1) is 23.1 Å². The summed E-state index contributed by atoms with van der Waals surface area (Å²) in [4.78, 5) is 3.61. The third-order valence-electron chi connectivity index (χ3n) is 2.30. The van der Waals surface area contributed by atoms with Crippen molar-refractivity contribution in [2.24, 2.45) is 7.05 Å². The van der Waals surface area contributed by atoms with Crippen molar-refractivity contribution in [3.63, 3.8) is 0 Å². The molecule has 0 aliphatic heterocycles. The second-order valence-corrected chi connectivity index (χ2v) is 3.71. The summed E-state index contributed by atoms with van der Waals surface area (Å²) in [5.74, 6) is -0.577. The van der Waals surface area contributed by atoms with E-state index in [4.69, 9.17) is 11.6 Å². The fourth-order valence-electron chi connectivity index (χ4n) is 1.48. The van der Waals surface area contributed by atoms with Crippen molar-refractivity contribution < 1.29 is 9.50 Å². The number of halogens is 2. The minimum atomic E-state index is -1.15. The number of rotatable bonds is 2. The molecule has 2 rings (SSSR count). The first kappa shape index (κ1) is 11.0. The van der Waals surface area contributed by atoms with Gasteiger partial charge in [-0.25, -0.2) is 4.39 Å². The summed E-state index contributed by atoms with van der Waals surface area (Å²) in [6.07, 6.45) is 2.71. The summed E-state index contributed by atoms with van der Waals surface area (Å²) >= 11 is 5.86. The number of pyridine rings is 1. The molecule has 2 heterocycles. The van der Waals surface area contributed by atoms with E-state index in [-0.39, 0.29) is 5.56 Å². The highest BCUT2D eigenvalue weighted by Crippen LogP contribution is 2.28. The van der Waals surface area contributed by atoms with Crippen LogP contribution < -0.4 is 0 Å². The molecule has 4 nitrogen and oxygen atoms in total. The number of aliphatic hydroxyl groups is 1. The molecule has 84 valence electrons. The number of aryl methyl sites for hydroxylation is 1. The minimum Gasteiger partial charge on any atom is -0.382 e. The Hall–Kier alpha value is -1.46. The van der Waals surface area contributed by atoms with Gasteiger partial charge in [0.1, 0.15) is 11.9 Å². The predicted octanol–water partition coefficient (Wildman–Crippen LogP) is 1.69. The average Bonchev–Trinajstić information content (AvgIpc) is 2.58. The summed E-state index contributed by atoms with van der Waals surface area (Å²) in [5.41, 5.74) is 0.479. The summed E-state index contributed by atoms with van der Waals surface area (Å²) in [6, 6.07) is 1.41. The van der Waals surface area contributed by atoms with Gasteiger partial charge in [-0.3, -0.25) is 9.67 Å². The molecule has 0 aromatic carbocycles. The van der Waals surface area contributed by atoms with Crippen LogP contribution in [0.1, 0.15) is 17.4 Å². The van der Waals surface area contributed by atoms with Crippen LogP contribution in [0, 0.1) is 5.82 Å². The third kappa shape index (κ3) is 1.79. The van der Waals surface area contributed by atoms with Crippen molar-refractivity contribution in [1.29, 1.82) is 0 Å². The van der Waals surface area contributed by atoms with E-state index in [9.17, 15) is 9.50 Å². The summed E-state index contributed by atoms with van der Waals surface area (Å²) in [7, 11) is 1.63. The van der Waals surface area contributed by atoms with Crippen molar-refractivity contribution in [1.82, 2.24) is 14.8 Å². The quantitative estimate of drug-likeness (QED) is 0.871. The first-order valence-corrected chi connectivity index (χ1v) is 4.94. The van der Waals surface area contributed by atoms with Crippen LogP contribution in [0.2, 0.25) is 5.02 Å². The van der Waals surface area contributed by atoms with Crippen molar-refractivity contribution in [3.05, 3.63) is 46.8 Å². The standard InChI is InChI=1S/C10H9ClFN3O/c1-15-9(7(11)4-14-15)10(16)6-2-3-13-5-8(6)12/h2-5,10,16H,1H3. The smallest absolute Gasteiger partial charge is 0.147 e. The molecule has 16 heavy (non-hydrogen) atoms. The first-order chi connectivity index (χ1) is 7.61. The zero-order chi connectivity index (χ0) is 11.7. The highest BCUT2D eigenvalue weighted by Gasteiger charge is 2.21. The van der Waals surface area contributed by atoms with E-state index in [0.717, 1.165) is 6.20 Å². The Morgan fingerprint density at radius 1 is 1.50 bits per heavy atom. The van der Waals surface area contributed by atoms with Crippen LogP contribution in [0.5, 0.6) is 0 Å². The Bertz CT molecular complexity index is 495. The predicted molar refractivity (Wildman–Crippen MR) is 56.5 cm³/mol. The Morgan fingerprint density at radius 2 is 2.25 bits per heavy atom. The Labute approximate surface area is 96.3 Å². The Kier molecular flexibility index (Phi) is 2.89. The minimum absolute atomic E-state index is 0.125. The number of aromatic nitrogens is 3. The van der Waals surface area contributed by atoms with Crippen LogP contribution in [-0.2, 0) is 7.05 Å². The molecule has 1 unspecified atom stereocenters. The van der Waals surface area contributed by atoms with E-state index in [1.54, 1.807) is 7.05 Å². The maximum Gasteiger partial charge on any atom is 0.147 e. The molecule has 0 saturated carbocycles. The molecule has 1 atom stereocenters. The van der Waals surface area contributed by atoms with Gasteiger partial charge < -0.3 is 5.11 Å². The molecule has 1 N–H and O–H groups in total. The highest BCUT2D eigenvalue weighted by molar-refractivity contribution is 6.31. The van der Waals surface area contributed by atoms with Crippen LogP contribution in [0.3, 0.4) is 0 Å². The number of nitrogens with zero attached hydrogens (tertiary/aromatic N) is 3. The van der Waals surface area contributed by atoms with E-state index in [2.05, 4.69) is 10.1 Å². The van der Waals surface area contributed by atoms with E-state index in [1.165, 1.54) is 23.1 Å². The molecule has 0 amide bonds. The van der Waals surface area contributed by atoms with Gasteiger partial charge in [-0.2, -0.15) is 5.10 Å². The molecule has 0 aliphatic rings. The van der Waals surface area contributed by atoms with Gasteiger partial charge in [0.25, 0.3) is 0 Å². The average molecular weight is 242 g/mol. The fourth-order valence-corrected chi connectivity index (χ4v) is 1.75. The molecule has 0 radical (unpaired) electrons. The summed E-state index contributed by atoms with van der Waals surface area (Å²) in [6.45, 7) is 0. The van der Waals surface area contributed by atoms with Crippen molar-refractivity contribution in [2.45, 2.75) is 6.10 Å². The van der Waals surface area contributed by atoms with Crippen LogP contribution >= 0.6 is 11.6 Å². The first-order valence-electron chi connectivity index (χ1n) is 4.56. The monoisotopic (exact) mass is 241 g/mol. The molecule has 0 bridgehead atoms. The van der Waals surface area contributed by atoms with Gasteiger partial charge >= 0.3 is 0 Å². The zero-order valence-electron chi connectivity index (χ0n) is 8.43. The molecule has 2 aromatic heterocycles. The molecule has 0 fully saturated rings. The van der Waals surface area contributed by atoms with Gasteiger partial charge in [0.2, 0.25) is 0 Å². The van der Waals surface area contributed by atoms with E-state index < -0.39 is 11.9 Å². The largest absolute Gasteiger partial charge is 0.382 e. The molecular formula is C10H9ClFN3O. The third-order valence-corrected chi connectivity index (χ3v) is 2.59. The lowest BCUT2D eigenvalue weighted by Crippen LogP contribution is -2.09. The van der Waals surface area contributed by atoms with Gasteiger partial charge in [0.15, 0.2) is 0 Å². The second kappa shape index (κ2) is 4.19. The van der Waals surface area contributed by atoms with Crippen molar-refractivity contribution in [3.8, 4) is 0 Å². The lowest BCUT2D eigenvalue weighted by molar-refractivity contribution is 0.204. The van der Waals surface area contributed by atoms with Crippen LogP contribution in [0.15, 0.2) is 24.7 Å². The van der Waals surface area contributed by atoms with Gasteiger partial charge in [-0.05, 0) is 6.07 Å². The van der Waals surface area contributed by atoms with Gasteiger partial charge in [-0.15, -0.1) is 0 Å². The van der Waals surface area contributed by atoms with E-state index in [0.29, 0.717) is 10.7 Å². The maximum atomic E-state index is 13.4. The highest BCUT2D eigenvalue weighted by atomic mass is 35.5. The SMILES string of the molecule is Cn1ncc(Cl)c1C(O)c1ccncc1F. The summed E-state index contributed by atoms with van der Waals surface area (Å²) in [5, 5.41) is 14.2. The normalized spacial score (nSPS) is 12.8. The molecule has 0 saturated heterocycles. The second-order valence-electron chi connectivity index (χ2n) is 3.30. The maximum absolute atomic E-state index is 13.4. The number of aliphatic hydroxyl groups excluding tert-OH is 1. The molecule has 6 heteroatoms. The van der Waals surface area contributed by atoms with Crippen molar-refractivity contribution in [2.75, 3.05) is 0 Å². The lowest BCUT2D eigenvalue weighted by atomic mass is 10.1. The molecule has 2 aromatic rings. The fraction of sp³-hybridized carbons (Fsp3) is 0.200. The van der Waals surface area contributed by atoms with Gasteiger partial charge in [-0.1, -0.05) is 11.6 Å². The molecule has 0 spiro atoms. The number of hydrogen-bond donors (Lipinski definition) is 1. The van der Waals surface area contributed by atoms with E-state index in [1.807, 2.05) is 0 Å². The topological polar surface area (TPSA) is 50.9 Å². The zero-order valence-corrected chi connectivity index (χ0v) is 9.19. The molecular weight excluding hydrogens is 233 g/mol. The van der Waals surface area contributed by atoms with Gasteiger partial charge in [0, 0.05) is 18.8 Å². The van der Waals surface area contributed by atoms with E-state index >= 15 is 0 Å².